The van der Waals surface area contributed by atoms with Crippen molar-refractivity contribution in [1.29, 1.82) is 0 Å². The van der Waals surface area contributed by atoms with Gasteiger partial charge in [-0.05, 0) is 33.1 Å². The van der Waals surface area contributed by atoms with E-state index in [1.807, 2.05) is 0 Å². The van der Waals surface area contributed by atoms with E-state index in [1.54, 1.807) is 20.8 Å². The summed E-state index contributed by atoms with van der Waals surface area (Å²) in [6.45, 7) is 9.57. The van der Waals surface area contributed by atoms with Crippen LogP contribution in [0.1, 0.15) is 53.9 Å². The molecule has 0 rings (SSSR count). The van der Waals surface area contributed by atoms with E-state index < -0.39 is 23.7 Å². The first-order valence-corrected chi connectivity index (χ1v) is 6.73. The average Bonchev–Trinajstić information content (AvgIpc) is 2.23. The zero-order valence-electron chi connectivity index (χ0n) is 12.9. The molecular weight excluding hydrogens is 246 g/mol. The van der Waals surface area contributed by atoms with Crippen LogP contribution in [0, 0.1) is 5.92 Å². The first-order chi connectivity index (χ1) is 8.65. The van der Waals surface area contributed by atoms with Crippen molar-refractivity contribution in [2.75, 3.05) is 7.11 Å². The Bertz CT molecular complexity index is 294. The molecule has 0 aliphatic rings. The largest absolute Gasteiger partial charge is 0.467 e. The smallest absolute Gasteiger partial charge is 0.408 e. The monoisotopic (exact) mass is 273 g/mol. The third kappa shape index (κ3) is 9.33. The molecule has 0 aromatic rings. The van der Waals surface area contributed by atoms with Crippen molar-refractivity contribution in [3.05, 3.63) is 0 Å². The molecule has 1 unspecified atom stereocenters. The van der Waals surface area contributed by atoms with Crippen LogP contribution in [0.25, 0.3) is 0 Å². The Balaban J connectivity index is 4.35. The lowest BCUT2D eigenvalue weighted by Gasteiger charge is -2.22. The molecule has 1 amide bonds. The van der Waals surface area contributed by atoms with Gasteiger partial charge < -0.3 is 14.8 Å². The second kappa shape index (κ2) is 8.02. The molecule has 0 radical (unpaired) electrons. The van der Waals surface area contributed by atoms with E-state index in [-0.39, 0.29) is 0 Å². The molecule has 0 aliphatic carbocycles. The van der Waals surface area contributed by atoms with Crippen molar-refractivity contribution in [2.45, 2.75) is 65.5 Å². The molecule has 0 heterocycles. The van der Waals surface area contributed by atoms with Crippen LogP contribution in [0.2, 0.25) is 0 Å². The van der Waals surface area contributed by atoms with Crippen LogP contribution in [0.4, 0.5) is 4.79 Å². The molecule has 19 heavy (non-hydrogen) atoms. The summed E-state index contributed by atoms with van der Waals surface area (Å²) >= 11 is 0. The van der Waals surface area contributed by atoms with Gasteiger partial charge in [-0.2, -0.15) is 0 Å². The molecule has 0 bridgehead atoms. The van der Waals surface area contributed by atoms with E-state index in [0.29, 0.717) is 12.3 Å². The summed E-state index contributed by atoms with van der Waals surface area (Å²) in [5.74, 6) is 0.134. The molecule has 112 valence electrons. The quantitative estimate of drug-likeness (QED) is 0.756. The first-order valence-electron chi connectivity index (χ1n) is 6.73. The van der Waals surface area contributed by atoms with Gasteiger partial charge in [-0.15, -0.1) is 0 Å². The lowest BCUT2D eigenvalue weighted by atomic mass is 10.0. The Kier molecular flexibility index (Phi) is 7.49. The maximum absolute atomic E-state index is 11.6. The maximum atomic E-state index is 11.6. The minimum Gasteiger partial charge on any atom is -0.467 e. The van der Waals surface area contributed by atoms with Crippen LogP contribution in [0.15, 0.2) is 0 Å². The number of hydrogen-bond acceptors (Lipinski definition) is 4. The van der Waals surface area contributed by atoms with Gasteiger partial charge in [0.1, 0.15) is 11.6 Å². The van der Waals surface area contributed by atoms with Gasteiger partial charge in [-0.1, -0.05) is 26.7 Å². The molecule has 1 atom stereocenters. The van der Waals surface area contributed by atoms with Crippen molar-refractivity contribution in [3.8, 4) is 0 Å². The summed E-state index contributed by atoms with van der Waals surface area (Å²) < 4.78 is 9.82. The van der Waals surface area contributed by atoms with Crippen LogP contribution in [-0.2, 0) is 14.3 Å². The van der Waals surface area contributed by atoms with Gasteiger partial charge >= 0.3 is 12.1 Å². The van der Waals surface area contributed by atoms with Crippen LogP contribution >= 0.6 is 0 Å². The van der Waals surface area contributed by atoms with E-state index in [2.05, 4.69) is 19.2 Å². The van der Waals surface area contributed by atoms with E-state index >= 15 is 0 Å². The van der Waals surface area contributed by atoms with Gasteiger partial charge in [0.15, 0.2) is 0 Å². The highest BCUT2D eigenvalue weighted by molar-refractivity contribution is 5.81. The fourth-order valence-electron chi connectivity index (χ4n) is 1.57. The number of methoxy groups -OCH3 is 1. The van der Waals surface area contributed by atoms with Gasteiger partial charge in [0, 0.05) is 0 Å². The van der Waals surface area contributed by atoms with Crippen LogP contribution in [-0.4, -0.2) is 30.8 Å². The number of carbonyl (C=O) groups excluding carboxylic acids is 2. The van der Waals surface area contributed by atoms with Gasteiger partial charge in [0.05, 0.1) is 7.11 Å². The topological polar surface area (TPSA) is 64.6 Å². The Morgan fingerprint density at radius 3 is 2.16 bits per heavy atom. The highest BCUT2D eigenvalue weighted by atomic mass is 16.6. The molecule has 0 aromatic heterocycles. The average molecular weight is 273 g/mol. The zero-order valence-corrected chi connectivity index (χ0v) is 12.9. The molecule has 1 N–H and O–H groups in total. The third-order valence-corrected chi connectivity index (χ3v) is 2.45. The minimum atomic E-state index is -0.640. The highest BCUT2D eigenvalue weighted by Gasteiger charge is 2.24. The molecular formula is C14H27NO4. The number of ether oxygens (including phenoxy) is 2. The standard InChI is InChI=1S/C14H27NO4/c1-10(2)8-7-9-11(12(16)18-6)15-13(17)19-14(3,4)5/h10-11H,7-9H2,1-6H3,(H,15,17). The Morgan fingerprint density at radius 2 is 1.74 bits per heavy atom. The normalized spacial score (nSPS) is 13.0. The number of carbonyl (C=O) groups is 2. The summed E-state index contributed by atoms with van der Waals surface area (Å²) in [6, 6.07) is -0.640. The minimum absolute atomic E-state index is 0.436. The Hall–Kier alpha value is -1.26. The molecule has 0 aliphatic heterocycles. The number of esters is 1. The van der Waals surface area contributed by atoms with Gasteiger partial charge in [0.2, 0.25) is 0 Å². The Morgan fingerprint density at radius 1 is 1.16 bits per heavy atom. The van der Waals surface area contributed by atoms with Crippen molar-refractivity contribution < 1.29 is 19.1 Å². The third-order valence-electron chi connectivity index (χ3n) is 2.45. The molecule has 5 nitrogen and oxygen atoms in total. The van der Waals surface area contributed by atoms with E-state index in [1.165, 1.54) is 7.11 Å². The van der Waals surface area contributed by atoms with E-state index in [0.717, 1.165) is 12.8 Å². The first kappa shape index (κ1) is 17.7. The molecule has 0 saturated carbocycles. The number of amides is 1. The molecule has 0 aromatic carbocycles. The highest BCUT2D eigenvalue weighted by Crippen LogP contribution is 2.11. The number of hydrogen-bond donors (Lipinski definition) is 1. The van der Waals surface area contributed by atoms with Gasteiger partial charge in [-0.25, -0.2) is 9.59 Å². The van der Waals surface area contributed by atoms with Crippen LogP contribution < -0.4 is 5.32 Å². The molecule has 0 fully saturated rings. The fourth-order valence-corrected chi connectivity index (χ4v) is 1.57. The summed E-state index contributed by atoms with van der Waals surface area (Å²) in [5, 5.41) is 2.56. The SMILES string of the molecule is COC(=O)C(CCCC(C)C)NC(=O)OC(C)(C)C. The summed E-state index contributed by atoms with van der Waals surface area (Å²) in [6.07, 6.45) is 1.83. The Labute approximate surface area is 116 Å². The summed E-state index contributed by atoms with van der Waals surface area (Å²) in [5.41, 5.74) is -0.581. The molecule has 0 saturated heterocycles. The lowest BCUT2D eigenvalue weighted by molar-refractivity contribution is -0.143. The zero-order chi connectivity index (χ0) is 15.1. The molecule has 5 heteroatoms. The fraction of sp³-hybridized carbons (Fsp3) is 0.857. The van der Waals surface area contributed by atoms with Crippen molar-refractivity contribution >= 4 is 12.1 Å². The summed E-state index contributed by atoms with van der Waals surface area (Å²) in [7, 11) is 1.31. The maximum Gasteiger partial charge on any atom is 0.408 e. The molecule has 0 spiro atoms. The van der Waals surface area contributed by atoms with Crippen molar-refractivity contribution in [2.24, 2.45) is 5.92 Å². The predicted molar refractivity (Wildman–Crippen MR) is 73.9 cm³/mol. The lowest BCUT2D eigenvalue weighted by Crippen LogP contribution is -2.44. The van der Waals surface area contributed by atoms with Crippen molar-refractivity contribution in [1.82, 2.24) is 5.32 Å². The van der Waals surface area contributed by atoms with E-state index in [4.69, 9.17) is 9.47 Å². The van der Waals surface area contributed by atoms with Crippen LogP contribution in [0.5, 0.6) is 0 Å². The summed E-state index contributed by atoms with van der Waals surface area (Å²) in [4.78, 5) is 23.2. The second-order valence-corrected chi connectivity index (χ2v) is 6.05. The van der Waals surface area contributed by atoms with Gasteiger partial charge in [-0.3, -0.25) is 0 Å². The van der Waals surface area contributed by atoms with Crippen LogP contribution in [0.3, 0.4) is 0 Å². The number of alkyl carbamates (subject to hydrolysis) is 1. The number of nitrogens with one attached hydrogen (secondary N) is 1. The van der Waals surface area contributed by atoms with E-state index in [9.17, 15) is 9.59 Å². The predicted octanol–water partition coefficient (Wildman–Crippen LogP) is 2.88. The number of rotatable bonds is 6. The second-order valence-electron chi connectivity index (χ2n) is 6.05. The van der Waals surface area contributed by atoms with Gasteiger partial charge in [0.25, 0.3) is 0 Å². The van der Waals surface area contributed by atoms with Crippen molar-refractivity contribution in [3.63, 3.8) is 0 Å².